The molecule has 2 aliphatic heterocycles. The van der Waals surface area contributed by atoms with Crippen LogP contribution in [-0.2, 0) is 6.54 Å². The molecule has 5 heteroatoms. The summed E-state index contributed by atoms with van der Waals surface area (Å²) in [4.78, 5) is 15.9. The molecule has 1 aromatic heterocycles. The van der Waals surface area contributed by atoms with E-state index in [1.807, 2.05) is 6.07 Å². The predicted molar refractivity (Wildman–Crippen MR) is 74.9 cm³/mol. The van der Waals surface area contributed by atoms with E-state index in [9.17, 15) is 4.79 Å². The molecule has 0 aliphatic carbocycles. The number of aryl methyl sites for hydroxylation is 1. The zero-order valence-corrected chi connectivity index (χ0v) is 12.0. The highest BCUT2D eigenvalue weighted by atomic mass is 16.4. The second-order valence-electron chi connectivity index (χ2n) is 5.95. The second-order valence-corrected chi connectivity index (χ2v) is 5.95. The van der Waals surface area contributed by atoms with Crippen LogP contribution in [-0.4, -0.2) is 53.1 Å². The zero-order chi connectivity index (χ0) is 14.1. The number of carbonyl (C=O) groups is 1. The van der Waals surface area contributed by atoms with Crippen molar-refractivity contribution in [2.45, 2.75) is 38.8 Å². The number of carboxylic acid groups (broad SMARTS) is 1. The maximum atomic E-state index is 11.0. The summed E-state index contributed by atoms with van der Waals surface area (Å²) in [6, 6.07) is 2.53. The molecule has 2 fully saturated rings. The Kier molecular flexibility index (Phi) is 3.81. The lowest BCUT2D eigenvalue weighted by atomic mass is 10.2. The first-order valence-corrected chi connectivity index (χ1v) is 7.42. The Labute approximate surface area is 119 Å². The maximum absolute atomic E-state index is 11.0. The van der Waals surface area contributed by atoms with Gasteiger partial charge in [0.15, 0.2) is 0 Å². The Morgan fingerprint density at radius 1 is 1.40 bits per heavy atom. The van der Waals surface area contributed by atoms with Gasteiger partial charge in [-0.15, -0.1) is 0 Å². The highest BCUT2D eigenvalue weighted by Crippen LogP contribution is 2.23. The first-order chi connectivity index (χ1) is 9.63. The number of hydrogen-bond donors (Lipinski definition) is 1. The fraction of sp³-hybridized carbons (Fsp3) is 0.667. The van der Waals surface area contributed by atoms with Crippen LogP contribution in [0.25, 0.3) is 0 Å². The van der Waals surface area contributed by atoms with Crippen LogP contribution in [0.5, 0.6) is 0 Å². The first kappa shape index (κ1) is 13.6. The Morgan fingerprint density at radius 3 is 2.80 bits per heavy atom. The van der Waals surface area contributed by atoms with Crippen molar-refractivity contribution >= 4 is 5.97 Å². The van der Waals surface area contributed by atoms with Crippen LogP contribution < -0.4 is 0 Å². The van der Waals surface area contributed by atoms with Gasteiger partial charge in [-0.3, -0.25) is 9.80 Å². The molecule has 1 unspecified atom stereocenters. The predicted octanol–water partition coefficient (Wildman–Crippen LogP) is 1.96. The van der Waals surface area contributed by atoms with Crippen molar-refractivity contribution < 1.29 is 14.3 Å². The third-order valence-corrected chi connectivity index (χ3v) is 4.45. The van der Waals surface area contributed by atoms with Gasteiger partial charge >= 0.3 is 5.97 Å². The molecule has 0 spiro atoms. The van der Waals surface area contributed by atoms with E-state index in [4.69, 9.17) is 9.52 Å². The van der Waals surface area contributed by atoms with Gasteiger partial charge in [-0.2, -0.15) is 0 Å². The fourth-order valence-electron chi connectivity index (χ4n) is 3.42. The van der Waals surface area contributed by atoms with Crippen molar-refractivity contribution in [2.24, 2.45) is 0 Å². The molecular formula is C15H22N2O3. The summed E-state index contributed by atoms with van der Waals surface area (Å²) < 4.78 is 5.44. The van der Waals surface area contributed by atoms with Crippen molar-refractivity contribution in [3.05, 3.63) is 23.2 Å². The van der Waals surface area contributed by atoms with Crippen LogP contribution in [0.2, 0.25) is 0 Å². The van der Waals surface area contributed by atoms with Crippen molar-refractivity contribution in [1.82, 2.24) is 9.80 Å². The summed E-state index contributed by atoms with van der Waals surface area (Å²) in [6.45, 7) is 7.13. The molecule has 1 atom stereocenters. The minimum atomic E-state index is -0.981. The van der Waals surface area contributed by atoms with E-state index in [1.165, 1.54) is 32.4 Å². The smallest absolute Gasteiger partial charge is 0.372 e. The van der Waals surface area contributed by atoms with Gasteiger partial charge in [0.2, 0.25) is 5.76 Å². The average molecular weight is 278 g/mol. The fourth-order valence-corrected chi connectivity index (χ4v) is 3.42. The summed E-state index contributed by atoms with van der Waals surface area (Å²) >= 11 is 0. The molecule has 1 aromatic rings. The van der Waals surface area contributed by atoms with Crippen molar-refractivity contribution in [2.75, 3.05) is 26.2 Å². The highest BCUT2D eigenvalue weighted by molar-refractivity contribution is 5.86. The number of likely N-dealkylation sites (tertiary alicyclic amines) is 2. The minimum Gasteiger partial charge on any atom is -0.475 e. The lowest BCUT2D eigenvalue weighted by Gasteiger charge is -2.23. The van der Waals surface area contributed by atoms with Crippen LogP contribution in [0.15, 0.2) is 10.5 Å². The number of nitrogens with zero attached hydrogens (tertiary/aromatic N) is 2. The van der Waals surface area contributed by atoms with E-state index >= 15 is 0 Å². The van der Waals surface area contributed by atoms with Gasteiger partial charge in [0, 0.05) is 24.7 Å². The Hall–Kier alpha value is -1.33. The van der Waals surface area contributed by atoms with Gasteiger partial charge in [-0.25, -0.2) is 4.79 Å². The number of furan rings is 1. The Balaban J connectivity index is 1.59. The quantitative estimate of drug-likeness (QED) is 0.912. The van der Waals surface area contributed by atoms with E-state index in [2.05, 4.69) is 9.80 Å². The largest absolute Gasteiger partial charge is 0.475 e. The van der Waals surface area contributed by atoms with E-state index in [0.717, 1.165) is 25.4 Å². The topological polar surface area (TPSA) is 56.9 Å². The van der Waals surface area contributed by atoms with E-state index in [0.29, 0.717) is 11.6 Å². The molecule has 3 heterocycles. The monoisotopic (exact) mass is 278 g/mol. The Morgan fingerprint density at radius 2 is 2.15 bits per heavy atom. The van der Waals surface area contributed by atoms with E-state index < -0.39 is 5.97 Å². The molecular weight excluding hydrogens is 256 g/mol. The molecule has 110 valence electrons. The van der Waals surface area contributed by atoms with Crippen LogP contribution in [0, 0.1) is 6.92 Å². The molecule has 0 amide bonds. The third-order valence-electron chi connectivity index (χ3n) is 4.45. The van der Waals surface area contributed by atoms with Gasteiger partial charge < -0.3 is 9.52 Å². The molecule has 20 heavy (non-hydrogen) atoms. The standard InChI is InChI=1S/C15H22N2O3/c1-11-8-13(20-14(11)15(18)19)10-16-7-4-12(9-16)17-5-2-3-6-17/h8,12H,2-7,9-10H2,1H3,(H,18,19). The van der Waals surface area contributed by atoms with E-state index in [-0.39, 0.29) is 5.76 Å². The van der Waals surface area contributed by atoms with E-state index in [1.54, 1.807) is 6.92 Å². The number of hydrogen-bond acceptors (Lipinski definition) is 4. The molecule has 5 nitrogen and oxygen atoms in total. The second kappa shape index (κ2) is 5.58. The van der Waals surface area contributed by atoms with Crippen molar-refractivity contribution in [1.29, 1.82) is 0 Å². The molecule has 0 aromatic carbocycles. The number of rotatable bonds is 4. The SMILES string of the molecule is Cc1cc(CN2CCC(N3CCCC3)C2)oc1C(=O)O. The molecule has 1 N–H and O–H groups in total. The van der Waals surface area contributed by atoms with Crippen LogP contribution in [0.1, 0.15) is 41.1 Å². The van der Waals surface area contributed by atoms with Gasteiger partial charge in [-0.1, -0.05) is 0 Å². The summed E-state index contributed by atoms with van der Waals surface area (Å²) in [6.07, 6.45) is 3.87. The summed E-state index contributed by atoms with van der Waals surface area (Å²) in [7, 11) is 0. The van der Waals surface area contributed by atoms with Crippen molar-refractivity contribution in [3.63, 3.8) is 0 Å². The number of carboxylic acids is 1. The highest BCUT2D eigenvalue weighted by Gasteiger charge is 2.29. The first-order valence-electron chi connectivity index (χ1n) is 7.42. The van der Waals surface area contributed by atoms with Gasteiger partial charge in [0.25, 0.3) is 0 Å². The molecule has 0 bridgehead atoms. The average Bonchev–Trinajstić information content (AvgIpc) is 3.09. The maximum Gasteiger partial charge on any atom is 0.372 e. The lowest BCUT2D eigenvalue weighted by Crippen LogP contribution is -2.35. The number of aromatic carboxylic acids is 1. The molecule has 0 saturated carbocycles. The van der Waals surface area contributed by atoms with Crippen LogP contribution in [0.3, 0.4) is 0 Å². The molecule has 0 radical (unpaired) electrons. The summed E-state index contributed by atoms with van der Waals surface area (Å²) in [5, 5.41) is 9.01. The van der Waals surface area contributed by atoms with Crippen LogP contribution in [0.4, 0.5) is 0 Å². The summed E-state index contributed by atoms with van der Waals surface area (Å²) in [5.74, 6) is -0.137. The normalized spacial score (nSPS) is 24.6. The zero-order valence-electron chi connectivity index (χ0n) is 12.0. The summed E-state index contributed by atoms with van der Waals surface area (Å²) in [5.41, 5.74) is 0.711. The minimum absolute atomic E-state index is 0.0790. The third kappa shape index (κ3) is 2.74. The molecule has 2 aliphatic rings. The Bertz CT molecular complexity index is 491. The van der Waals surface area contributed by atoms with Gasteiger partial charge in [0.05, 0.1) is 6.54 Å². The van der Waals surface area contributed by atoms with Gasteiger partial charge in [0.1, 0.15) is 5.76 Å². The van der Waals surface area contributed by atoms with Crippen molar-refractivity contribution in [3.8, 4) is 0 Å². The van der Waals surface area contributed by atoms with Crippen LogP contribution >= 0.6 is 0 Å². The lowest BCUT2D eigenvalue weighted by molar-refractivity contribution is 0.0657. The molecule has 2 saturated heterocycles. The molecule has 3 rings (SSSR count). The van der Waals surface area contributed by atoms with Gasteiger partial charge in [-0.05, 0) is 45.3 Å².